The van der Waals surface area contributed by atoms with E-state index < -0.39 is 0 Å². The third-order valence-electron chi connectivity index (χ3n) is 6.42. The smallest absolute Gasteiger partial charge is 0.319 e. The van der Waals surface area contributed by atoms with Crippen LogP contribution in [-0.2, 0) is 0 Å². The first-order valence-corrected chi connectivity index (χ1v) is 9.12. The molecule has 6 rings (SSSR count). The van der Waals surface area contributed by atoms with Gasteiger partial charge in [0.25, 0.3) is 0 Å². The quantitative estimate of drug-likeness (QED) is 0.888. The first kappa shape index (κ1) is 14.4. The maximum absolute atomic E-state index is 12.3. The Hall–Kier alpha value is -1.91. The third-order valence-corrected chi connectivity index (χ3v) is 6.42. The van der Waals surface area contributed by atoms with Crippen LogP contribution in [0.1, 0.15) is 38.5 Å². The normalized spacial score (nSPS) is 35.1. The minimum Gasteiger partial charge on any atom is -0.454 e. The average molecular weight is 328 g/mol. The first-order valence-electron chi connectivity index (χ1n) is 9.12. The van der Waals surface area contributed by atoms with Crippen molar-refractivity contribution >= 4 is 11.7 Å². The van der Waals surface area contributed by atoms with Crippen molar-refractivity contribution in [3.05, 3.63) is 18.2 Å². The number of amides is 2. The largest absolute Gasteiger partial charge is 0.454 e. The van der Waals surface area contributed by atoms with E-state index in [1.807, 2.05) is 18.2 Å². The molecule has 1 aromatic carbocycles. The van der Waals surface area contributed by atoms with Gasteiger partial charge in [0.1, 0.15) is 0 Å². The van der Waals surface area contributed by atoms with E-state index in [1.54, 1.807) is 0 Å². The second kappa shape index (κ2) is 5.30. The molecule has 0 atom stereocenters. The fraction of sp³-hybridized carbons (Fsp3) is 0.632. The van der Waals surface area contributed by atoms with Crippen molar-refractivity contribution in [3.63, 3.8) is 0 Å². The van der Waals surface area contributed by atoms with Gasteiger partial charge in [0, 0.05) is 18.3 Å². The molecule has 0 unspecified atom stereocenters. The Kier molecular flexibility index (Phi) is 3.19. The van der Waals surface area contributed by atoms with Gasteiger partial charge in [0.15, 0.2) is 11.5 Å². The summed E-state index contributed by atoms with van der Waals surface area (Å²) >= 11 is 0. The molecule has 4 saturated carbocycles. The number of ether oxygens (including phenoxy) is 2. The van der Waals surface area contributed by atoms with Gasteiger partial charge in [-0.15, -0.1) is 0 Å². The predicted molar refractivity (Wildman–Crippen MR) is 90.2 cm³/mol. The van der Waals surface area contributed by atoms with Crippen molar-refractivity contribution in [3.8, 4) is 11.5 Å². The number of fused-ring (bicyclic) bond motifs is 1. The molecule has 1 aliphatic heterocycles. The zero-order chi connectivity index (χ0) is 16.1. The number of urea groups is 1. The molecule has 0 spiro atoms. The summed E-state index contributed by atoms with van der Waals surface area (Å²) in [7, 11) is 0. The fourth-order valence-electron chi connectivity index (χ4n) is 5.92. The van der Waals surface area contributed by atoms with Gasteiger partial charge in [-0.25, -0.2) is 4.79 Å². The number of hydrogen-bond acceptors (Lipinski definition) is 3. The Morgan fingerprint density at radius 1 is 1.04 bits per heavy atom. The van der Waals surface area contributed by atoms with Crippen LogP contribution in [0.2, 0.25) is 0 Å². The van der Waals surface area contributed by atoms with E-state index in [1.165, 1.54) is 38.5 Å². The maximum atomic E-state index is 12.3. The Labute approximate surface area is 142 Å². The van der Waals surface area contributed by atoms with Gasteiger partial charge in [-0.1, -0.05) is 0 Å². The van der Waals surface area contributed by atoms with Crippen LogP contribution in [0.15, 0.2) is 18.2 Å². The SMILES string of the molecule is O=C(NCC12CC3CC(CC(C3)C1)C2)Nc1ccc2c(c1)OCO2. The lowest BCUT2D eigenvalue weighted by atomic mass is 9.49. The number of anilines is 1. The van der Waals surface area contributed by atoms with E-state index in [-0.39, 0.29) is 12.8 Å². The third kappa shape index (κ3) is 2.50. The molecule has 5 aliphatic rings. The summed E-state index contributed by atoms with van der Waals surface area (Å²) in [4.78, 5) is 12.3. The number of rotatable bonds is 3. The summed E-state index contributed by atoms with van der Waals surface area (Å²) in [6.45, 7) is 1.06. The van der Waals surface area contributed by atoms with Gasteiger partial charge >= 0.3 is 6.03 Å². The molecule has 0 radical (unpaired) electrons. The van der Waals surface area contributed by atoms with Crippen LogP contribution in [-0.4, -0.2) is 19.4 Å². The van der Waals surface area contributed by atoms with Gasteiger partial charge in [0.05, 0.1) is 0 Å². The van der Waals surface area contributed by atoms with Crippen LogP contribution < -0.4 is 20.1 Å². The van der Waals surface area contributed by atoms with Crippen LogP contribution in [0, 0.1) is 23.2 Å². The molecule has 24 heavy (non-hydrogen) atoms. The second-order valence-corrected chi connectivity index (χ2v) is 8.29. The second-order valence-electron chi connectivity index (χ2n) is 8.29. The average Bonchev–Trinajstić information content (AvgIpc) is 2.99. The zero-order valence-electron chi connectivity index (χ0n) is 13.8. The highest BCUT2D eigenvalue weighted by atomic mass is 16.7. The Morgan fingerprint density at radius 2 is 1.71 bits per heavy atom. The first-order chi connectivity index (χ1) is 11.7. The van der Waals surface area contributed by atoms with E-state index in [4.69, 9.17) is 9.47 Å². The Bertz CT molecular complexity index is 637. The lowest BCUT2D eigenvalue weighted by molar-refractivity contribution is -0.0496. The van der Waals surface area contributed by atoms with E-state index in [0.29, 0.717) is 11.2 Å². The molecule has 0 aromatic heterocycles. The van der Waals surface area contributed by atoms with Crippen molar-refractivity contribution in [2.24, 2.45) is 23.2 Å². The summed E-state index contributed by atoms with van der Waals surface area (Å²) in [6.07, 6.45) is 8.23. The van der Waals surface area contributed by atoms with Crippen molar-refractivity contribution in [2.75, 3.05) is 18.7 Å². The monoisotopic (exact) mass is 328 g/mol. The van der Waals surface area contributed by atoms with E-state index in [2.05, 4.69) is 10.6 Å². The Balaban J connectivity index is 1.20. The summed E-state index contributed by atoms with van der Waals surface area (Å²) in [5.74, 6) is 4.16. The lowest BCUT2D eigenvalue weighted by Crippen LogP contribution is -2.51. The molecule has 4 aliphatic carbocycles. The van der Waals surface area contributed by atoms with Crippen LogP contribution in [0.4, 0.5) is 10.5 Å². The molecule has 128 valence electrons. The molecule has 5 heteroatoms. The van der Waals surface area contributed by atoms with Gasteiger partial charge < -0.3 is 20.1 Å². The van der Waals surface area contributed by atoms with Gasteiger partial charge in [-0.2, -0.15) is 0 Å². The minimum absolute atomic E-state index is 0.121. The summed E-state index contributed by atoms with van der Waals surface area (Å²) in [6, 6.07) is 5.37. The maximum Gasteiger partial charge on any atom is 0.319 e. The summed E-state index contributed by atoms with van der Waals surface area (Å²) in [5, 5.41) is 6.05. The number of carbonyl (C=O) groups is 1. The molecule has 2 amide bonds. The van der Waals surface area contributed by atoms with E-state index in [9.17, 15) is 4.79 Å². The highest BCUT2D eigenvalue weighted by molar-refractivity contribution is 5.89. The van der Waals surface area contributed by atoms with Crippen LogP contribution in [0.25, 0.3) is 0 Å². The van der Waals surface area contributed by atoms with Crippen molar-refractivity contribution < 1.29 is 14.3 Å². The van der Waals surface area contributed by atoms with Crippen molar-refractivity contribution in [1.82, 2.24) is 5.32 Å². The van der Waals surface area contributed by atoms with E-state index in [0.717, 1.165) is 35.7 Å². The topological polar surface area (TPSA) is 59.6 Å². The van der Waals surface area contributed by atoms with Crippen LogP contribution in [0.3, 0.4) is 0 Å². The standard InChI is InChI=1S/C19H24N2O3/c22-18(21-15-1-2-16-17(6-15)24-11-23-16)20-10-19-7-12-3-13(8-19)5-14(4-12)9-19/h1-2,6,12-14H,3-5,7-11H2,(H2,20,21,22). The predicted octanol–water partition coefficient (Wildman–Crippen LogP) is 3.75. The number of nitrogens with one attached hydrogen (secondary N) is 2. The fourth-order valence-corrected chi connectivity index (χ4v) is 5.92. The van der Waals surface area contributed by atoms with Crippen molar-refractivity contribution in [2.45, 2.75) is 38.5 Å². The highest BCUT2D eigenvalue weighted by Crippen LogP contribution is 2.59. The molecule has 5 nitrogen and oxygen atoms in total. The number of hydrogen-bond donors (Lipinski definition) is 2. The van der Waals surface area contributed by atoms with Crippen LogP contribution >= 0.6 is 0 Å². The molecule has 0 saturated heterocycles. The lowest BCUT2D eigenvalue weighted by Gasteiger charge is -2.56. The molecule has 1 aromatic rings. The molecule has 4 fully saturated rings. The number of benzene rings is 1. The summed E-state index contributed by atoms with van der Waals surface area (Å²) in [5.41, 5.74) is 1.10. The van der Waals surface area contributed by atoms with Crippen LogP contribution in [0.5, 0.6) is 11.5 Å². The molecular weight excluding hydrogens is 304 g/mol. The number of carbonyl (C=O) groups excluding carboxylic acids is 1. The highest BCUT2D eigenvalue weighted by Gasteiger charge is 2.50. The van der Waals surface area contributed by atoms with Crippen molar-refractivity contribution in [1.29, 1.82) is 0 Å². The zero-order valence-corrected chi connectivity index (χ0v) is 13.8. The molecular formula is C19H24N2O3. The summed E-state index contributed by atoms with van der Waals surface area (Å²) < 4.78 is 10.6. The molecule has 1 heterocycles. The molecule has 2 N–H and O–H groups in total. The Morgan fingerprint density at radius 3 is 2.42 bits per heavy atom. The van der Waals surface area contributed by atoms with Gasteiger partial charge in [-0.3, -0.25) is 0 Å². The van der Waals surface area contributed by atoms with Gasteiger partial charge in [0.2, 0.25) is 6.79 Å². The van der Waals surface area contributed by atoms with E-state index >= 15 is 0 Å². The van der Waals surface area contributed by atoms with Gasteiger partial charge in [-0.05, 0) is 73.8 Å². The molecule has 4 bridgehead atoms. The minimum atomic E-state index is -0.121.